The summed E-state index contributed by atoms with van der Waals surface area (Å²) < 4.78 is 2.50. The molecule has 1 N–H and O–H groups in total. The molecule has 0 aromatic carbocycles. The van der Waals surface area contributed by atoms with Crippen LogP contribution in [0.1, 0.15) is 0 Å². The van der Waals surface area contributed by atoms with Crippen molar-refractivity contribution in [3.05, 3.63) is 17.4 Å². The minimum absolute atomic E-state index is 0.624. The van der Waals surface area contributed by atoms with Gasteiger partial charge < -0.3 is 4.90 Å². The number of anilines is 1. The Hall–Kier alpha value is -1.10. The van der Waals surface area contributed by atoms with Gasteiger partial charge in [0.2, 0.25) is 5.95 Å². The van der Waals surface area contributed by atoms with Crippen molar-refractivity contribution in [2.24, 2.45) is 0 Å². The number of hydrogen-bond acceptors (Lipinski definition) is 3. The summed E-state index contributed by atoms with van der Waals surface area (Å²) in [6.45, 7) is 4.33. The van der Waals surface area contributed by atoms with E-state index in [1.807, 2.05) is 23.6 Å². The first-order valence-corrected chi connectivity index (χ1v) is 4.01. The maximum absolute atomic E-state index is 5.03. The van der Waals surface area contributed by atoms with Crippen LogP contribution >= 0.6 is 12.2 Å². The lowest BCUT2D eigenvalue weighted by atomic mass is 10.6. The van der Waals surface area contributed by atoms with Gasteiger partial charge in [0.25, 0.3) is 0 Å². The molecule has 0 radical (unpaired) electrons. The topological polar surface area (TPSA) is 36.9 Å². The smallest absolute Gasteiger partial charge is 0.225 e. The number of aromatic nitrogens is 3. The summed E-state index contributed by atoms with van der Waals surface area (Å²) in [5.74, 6) is 0.819. The van der Waals surface area contributed by atoms with Gasteiger partial charge in [0.1, 0.15) is 0 Å². The van der Waals surface area contributed by atoms with E-state index in [-0.39, 0.29) is 0 Å². The van der Waals surface area contributed by atoms with Crippen LogP contribution in [-0.2, 0) is 6.54 Å². The van der Waals surface area contributed by atoms with Crippen molar-refractivity contribution in [2.45, 2.75) is 6.54 Å². The second kappa shape index (κ2) is 3.53. The van der Waals surface area contributed by atoms with Crippen molar-refractivity contribution in [3.63, 3.8) is 0 Å². The fourth-order valence-electron chi connectivity index (χ4n) is 0.944. The molecule has 0 fully saturated rings. The molecular weight excluding hydrogens is 172 g/mol. The Morgan fingerprint density at radius 2 is 2.42 bits per heavy atom. The number of nitrogens with one attached hydrogen (secondary N) is 1. The van der Waals surface area contributed by atoms with Gasteiger partial charge in [-0.1, -0.05) is 6.08 Å². The zero-order valence-electron chi connectivity index (χ0n) is 7.24. The van der Waals surface area contributed by atoms with Crippen molar-refractivity contribution in [1.29, 1.82) is 0 Å². The van der Waals surface area contributed by atoms with E-state index in [1.54, 1.807) is 6.08 Å². The largest absolute Gasteiger partial charge is 0.347 e. The third-order valence-corrected chi connectivity index (χ3v) is 1.76. The zero-order chi connectivity index (χ0) is 9.14. The van der Waals surface area contributed by atoms with Gasteiger partial charge in [-0.25, -0.2) is 5.10 Å². The normalized spacial score (nSPS) is 9.83. The fraction of sp³-hybridized carbons (Fsp3) is 0.429. The number of hydrogen-bond donors (Lipinski definition) is 1. The van der Waals surface area contributed by atoms with Crippen LogP contribution in [0, 0.1) is 4.77 Å². The Morgan fingerprint density at radius 1 is 1.75 bits per heavy atom. The SMILES string of the molecule is C=CCn1c(N(C)C)n[nH]c1=S. The van der Waals surface area contributed by atoms with E-state index >= 15 is 0 Å². The van der Waals surface area contributed by atoms with Crippen LogP contribution in [0.5, 0.6) is 0 Å². The molecule has 0 aliphatic heterocycles. The highest BCUT2D eigenvalue weighted by atomic mass is 32.1. The third kappa shape index (κ3) is 1.55. The Labute approximate surface area is 76.5 Å². The fourth-order valence-corrected chi connectivity index (χ4v) is 1.15. The standard InChI is InChI=1S/C7H12N4S/c1-4-5-11-6(10(2)3)8-9-7(11)12/h4H,1,5H2,2-3H3,(H,9,12). The Bertz CT molecular complexity index is 322. The van der Waals surface area contributed by atoms with Crippen LogP contribution in [0.15, 0.2) is 12.7 Å². The summed E-state index contributed by atoms with van der Waals surface area (Å²) in [5.41, 5.74) is 0. The van der Waals surface area contributed by atoms with Crippen LogP contribution in [-0.4, -0.2) is 28.9 Å². The summed E-state index contributed by atoms with van der Waals surface area (Å²) >= 11 is 5.03. The minimum atomic E-state index is 0.624. The maximum atomic E-state index is 5.03. The number of H-pyrrole nitrogens is 1. The van der Waals surface area contributed by atoms with E-state index in [2.05, 4.69) is 16.8 Å². The Balaban J connectivity index is 3.12. The number of nitrogens with zero attached hydrogens (tertiary/aromatic N) is 3. The summed E-state index contributed by atoms with van der Waals surface area (Å²) in [7, 11) is 3.84. The lowest BCUT2D eigenvalue weighted by Crippen LogP contribution is -2.15. The Morgan fingerprint density at radius 3 is 2.92 bits per heavy atom. The van der Waals surface area contributed by atoms with Crippen molar-refractivity contribution in [2.75, 3.05) is 19.0 Å². The molecule has 0 amide bonds. The summed E-state index contributed by atoms with van der Waals surface area (Å²) in [5, 5.41) is 6.79. The van der Waals surface area contributed by atoms with Gasteiger partial charge in [0.15, 0.2) is 4.77 Å². The molecule has 0 spiro atoms. The first-order chi connectivity index (χ1) is 5.66. The molecule has 12 heavy (non-hydrogen) atoms. The molecule has 0 aliphatic rings. The predicted molar refractivity (Wildman–Crippen MR) is 51.9 cm³/mol. The first-order valence-electron chi connectivity index (χ1n) is 3.60. The summed E-state index contributed by atoms with van der Waals surface area (Å²) in [6.07, 6.45) is 1.79. The lowest BCUT2D eigenvalue weighted by Gasteiger charge is -2.11. The molecular formula is C7H12N4S. The monoisotopic (exact) mass is 184 g/mol. The van der Waals surface area contributed by atoms with E-state index in [0.29, 0.717) is 11.3 Å². The highest BCUT2D eigenvalue weighted by Gasteiger charge is 2.04. The van der Waals surface area contributed by atoms with Crippen LogP contribution in [0.2, 0.25) is 0 Å². The van der Waals surface area contributed by atoms with Gasteiger partial charge in [-0.15, -0.1) is 11.7 Å². The molecule has 1 heterocycles. The van der Waals surface area contributed by atoms with Crippen LogP contribution < -0.4 is 4.90 Å². The average Bonchev–Trinajstić information content (AvgIpc) is 2.34. The van der Waals surface area contributed by atoms with Gasteiger partial charge in [-0.2, -0.15) is 0 Å². The molecule has 1 aromatic rings. The van der Waals surface area contributed by atoms with Crippen molar-refractivity contribution >= 4 is 18.2 Å². The average molecular weight is 184 g/mol. The highest BCUT2D eigenvalue weighted by molar-refractivity contribution is 7.71. The second-order valence-corrected chi connectivity index (χ2v) is 3.01. The molecule has 5 heteroatoms. The molecule has 1 rings (SSSR count). The number of aromatic amines is 1. The highest BCUT2D eigenvalue weighted by Crippen LogP contribution is 2.06. The van der Waals surface area contributed by atoms with Crippen LogP contribution in [0.25, 0.3) is 0 Å². The molecule has 0 atom stereocenters. The van der Waals surface area contributed by atoms with Gasteiger partial charge in [0.05, 0.1) is 0 Å². The van der Waals surface area contributed by atoms with E-state index in [0.717, 1.165) is 5.95 Å². The van der Waals surface area contributed by atoms with Crippen LogP contribution in [0.3, 0.4) is 0 Å². The minimum Gasteiger partial charge on any atom is -0.347 e. The summed E-state index contributed by atoms with van der Waals surface area (Å²) in [4.78, 5) is 1.90. The van der Waals surface area contributed by atoms with Gasteiger partial charge in [-0.05, 0) is 12.2 Å². The van der Waals surface area contributed by atoms with E-state index < -0.39 is 0 Å². The first kappa shape index (κ1) is 8.99. The van der Waals surface area contributed by atoms with Crippen molar-refractivity contribution in [1.82, 2.24) is 14.8 Å². The molecule has 0 aliphatic carbocycles. The molecule has 0 unspecified atom stereocenters. The Kier molecular flexibility index (Phi) is 2.65. The number of rotatable bonds is 3. The molecule has 66 valence electrons. The third-order valence-electron chi connectivity index (χ3n) is 1.45. The predicted octanol–water partition coefficient (Wildman–Crippen LogP) is 1.19. The summed E-state index contributed by atoms with van der Waals surface area (Å²) in [6, 6.07) is 0. The van der Waals surface area contributed by atoms with Crippen LogP contribution in [0.4, 0.5) is 5.95 Å². The van der Waals surface area contributed by atoms with Gasteiger partial charge in [0, 0.05) is 20.6 Å². The van der Waals surface area contributed by atoms with Crippen molar-refractivity contribution < 1.29 is 0 Å². The van der Waals surface area contributed by atoms with Gasteiger partial charge >= 0.3 is 0 Å². The molecule has 1 aromatic heterocycles. The van der Waals surface area contributed by atoms with E-state index in [4.69, 9.17) is 12.2 Å². The number of allylic oxidation sites excluding steroid dienone is 1. The van der Waals surface area contributed by atoms with Gasteiger partial charge in [-0.3, -0.25) is 4.57 Å². The maximum Gasteiger partial charge on any atom is 0.225 e. The zero-order valence-corrected chi connectivity index (χ0v) is 8.06. The molecule has 4 nitrogen and oxygen atoms in total. The van der Waals surface area contributed by atoms with Crippen molar-refractivity contribution in [3.8, 4) is 0 Å². The molecule has 0 bridgehead atoms. The van der Waals surface area contributed by atoms with E-state index in [1.165, 1.54) is 0 Å². The molecule has 0 saturated heterocycles. The quantitative estimate of drug-likeness (QED) is 0.566. The lowest BCUT2D eigenvalue weighted by molar-refractivity contribution is 0.786. The van der Waals surface area contributed by atoms with E-state index in [9.17, 15) is 0 Å². The molecule has 0 saturated carbocycles. The second-order valence-electron chi connectivity index (χ2n) is 2.62.